The molecule has 2 N–H and O–H groups in total. The second-order valence-electron chi connectivity index (χ2n) is 5.49. The fraction of sp³-hybridized carbons (Fsp3) is 0.118. The highest BCUT2D eigenvalue weighted by Crippen LogP contribution is 2.34. The smallest absolute Gasteiger partial charge is 0.276 e. The standard InChI is InChI=1S/C17H14N4O4S/c1-21-15(19-17(23)14-3-2-6-26-14)8-11(20-21)16(22)18-10-4-5-12-13(7-10)25-9-24-12/h2-8H,9H2,1H3,(H,18,22)(H,19,23). The van der Waals surface area contributed by atoms with Crippen LogP contribution in [0.25, 0.3) is 0 Å². The lowest BCUT2D eigenvalue weighted by molar-refractivity contribution is 0.101. The van der Waals surface area contributed by atoms with E-state index in [1.54, 1.807) is 37.4 Å². The first kappa shape index (κ1) is 16.2. The van der Waals surface area contributed by atoms with Gasteiger partial charge in [0.25, 0.3) is 11.8 Å². The molecule has 2 aromatic heterocycles. The van der Waals surface area contributed by atoms with Crippen LogP contribution in [0.4, 0.5) is 11.5 Å². The SMILES string of the molecule is Cn1nc(C(=O)Nc2ccc3c(c2)OCO3)cc1NC(=O)c1cccs1. The van der Waals surface area contributed by atoms with Crippen molar-refractivity contribution in [3.05, 3.63) is 52.3 Å². The molecule has 2 amide bonds. The Labute approximate surface area is 152 Å². The number of nitrogens with one attached hydrogen (secondary N) is 2. The summed E-state index contributed by atoms with van der Waals surface area (Å²) in [7, 11) is 1.65. The summed E-state index contributed by atoms with van der Waals surface area (Å²) in [5.41, 5.74) is 0.751. The zero-order chi connectivity index (χ0) is 18.1. The summed E-state index contributed by atoms with van der Waals surface area (Å²) < 4.78 is 12.0. The zero-order valence-corrected chi connectivity index (χ0v) is 14.5. The van der Waals surface area contributed by atoms with Crippen LogP contribution in [-0.4, -0.2) is 28.4 Å². The van der Waals surface area contributed by atoms with Gasteiger partial charge in [-0.25, -0.2) is 0 Å². The summed E-state index contributed by atoms with van der Waals surface area (Å²) >= 11 is 1.34. The maximum absolute atomic E-state index is 12.4. The highest BCUT2D eigenvalue weighted by molar-refractivity contribution is 7.12. The number of hydrogen-bond acceptors (Lipinski definition) is 6. The van der Waals surface area contributed by atoms with Gasteiger partial charge in [0.05, 0.1) is 4.88 Å². The van der Waals surface area contributed by atoms with Gasteiger partial charge in [-0.15, -0.1) is 11.3 Å². The highest BCUT2D eigenvalue weighted by atomic mass is 32.1. The van der Waals surface area contributed by atoms with Crippen molar-refractivity contribution < 1.29 is 19.1 Å². The molecule has 1 aliphatic rings. The minimum absolute atomic E-state index is 0.167. The number of carbonyl (C=O) groups is 2. The van der Waals surface area contributed by atoms with Crippen molar-refractivity contribution in [3.8, 4) is 11.5 Å². The van der Waals surface area contributed by atoms with E-state index in [2.05, 4.69) is 15.7 Å². The number of thiophene rings is 1. The molecule has 26 heavy (non-hydrogen) atoms. The number of rotatable bonds is 4. The lowest BCUT2D eigenvalue weighted by Crippen LogP contribution is -2.13. The maximum atomic E-state index is 12.4. The third-order valence-electron chi connectivity index (χ3n) is 3.73. The summed E-state index contributed by atoms with van der Waals surface area (Å²) in [4.78, 5) is 25.1. The molecule has 1 aliphatic heterocycles. The molecule has 8 nitrogen and oxygen atoms in total. The fourth-order valence-electron chi connectivity index (χ4n) is 2.45. The number of ether oxygens (including phenoxy) is 2. The maximum Gasteiger partial charge on any atom is 0.276 e. The van der Waals surface area contributed by atoms with Crippen molar-refractivity contribution in [1.82, 2.24) is 9.78 Å². The van der Waals surface area contributed by atoms with Crippen LogP contribution in [0.3, 0.4) is 0 Å². The summed E-state index contributed by atoms with van der Waals surface area (Å²) in [6, 6.07) is 10.2. The normalized spacial score (nSPS) is 12.0. The van der Waals surface area contributed by atoms with Crippen LogP contribution in [-0.2, 0) is 7.05 Å². The zero-order valence-electron chi connectivity index (χ0n) is 13.7. The van der Waals surface area contributed by atoms with Gasteiger partial charge >= 0.3 is 0 Å². The van der Waals surface area contributed by atoms with Gasteiger partial charge in [0.1, 0.15) is 5.82 Å². The third kappa shape index (κ3) is 3.11. The minimum Gasteiger partial charge on any atom is -0.454 e. The fourth-order valence-corrected chi connectivity index (χ4v) is 3.07. The quantitative estimate of drug-likeness (QED) is 0.736. The van der Waals surface area contributed by atoms with Crippen molar-refractivity contribution in [2.75, 3.05) is 17.4 Å². The van der Waals surface area contributed by atoms with E-state index in [0.717, 1.165) is 0 Å². The monoisotopic (exact) mass is 370 g/mol. The van der Waals surface area contributed by atoms with Crippen LogP contribution in [0.2, 0.25) is 0 Å². The molecule has 0 saturated carbocycles. The summed E-state index contributed by atoms with van der Waals surface area (Å²) in [6.07, 6.45) is 0. The Kier molecular flexibility index (Phi) is 4.05. The van der Waals surface area contributed by atoms with Crippen molar-refractivity contribution in [2.24, 2.45) is 7.05 Å². The number of nitrogens with zero attached hydrogens (tertiary/aromatic N) is 2. The minimum atomic E-state index is -0.393. The van der Waals surface area contributed by atoms with Crippen LogP contribution in [0.1, 0.15) is 20.2 Å². The average molecular weight is 370 g/mol. The van der Waals surface area contributed by atoms with Crippen molar-refractivity contribution in [2.45, 2.75) is 0 Å². The second kappa shape index (κ2) is 6.52. The van der Waals surface area contributed by atoms with Crippen LogP contribution < -0.4 is 20.1 Å². The molecule has 0 spiro atoms. The van der Waals surface area contributed by atoms with Gasteiger partial charge in [-0.3, -0.25) is 14.3 Å². The summed E-state index contributed by atoms with van der Waals surface area (Å²) in [6.45, 7) is 0.167. The van der Waals surface area contributed by atoms with E-state index in [9.17, 15) is 9.59 Å². The Morgan fingerprint density at radius 2 is 1.96 bits per heavy atom. The van der Waals surface area contributed by atoms with Gasteiger partial charge in [0.15, 0.2) is 17.2 Å². The van der Waals surface area contributed by atoms with E-state index >= 15 is 0 Å². The van der Waals surface area contributed by atoms with E-state index < -0.39 is 5.91 Å². The predicted octanol–water partition coefficient (Wildman–Crippen LogP) is 2.71. The largest absolute Gasteiger partial charge is 0.454 e. The molecule has 0 bridgehead atoms. The van der Waals surface area contributed by atoms with Crippen LogP contribution in [0.5, 0.6) is 11.5 Å². The third-order valence-corrected chi connectivity index (χ3v) is 4.60. The average Bonchev–Trinajstić information content (AvgIpc) is 3.35. The number of amides is 2. The topological polar surface area (TPSA) is 94.5 Å². The molecule has 3 aromatic rings. The Hall–Kier alpha value is -3.33. The molecule has 1 aromatic carbocycles. The first-order valence-electron chi connectivity index (χ1n) is 7.70. The lowest BCUT2D eigenvalue weighted by atomic mass is 10.2. The van der Waals surface area contributed by atoms with Crippen molar-refractivity contribution >= 4 is 34.7 Å². The molecule has 9 heteroatoms. The molecule has 0 unspecified atom stereocenters. The van der Waals surface area contributed by atoms with Gasteiger partial charge in [-0.2, -0.15) is 5.10 Å². The van der Waals surface area contributed by atoms with Gasteiger partial charge in [-0.05, 0) is 23.6 Å². The van der Waals surface area contributed by atoms with E-state index in [1.165, 1.54) is 22.1 Å². The van der Waals surface area contributed by atoms with Gasteiger partial charge in [0.2, 0.25) is 6.79 Å². The number of aromatic nitrogens is 2. The first-order chi connectivity index (χ1) is 12.6. The predicted molar refractivity (Wildman–Crippen MR) is 96.0 cm³/mol. The summed E-state index contributed by atoms with van der Waals surface area (Å²) in [5.74, 6) is 1.01. The van der Waals surface area contributed by atoms with E-state index in [0.29, 0.717) is 27.9 Å². The molecule has 0 aliphatic carbocycles. The van der Waals surface area contributed by atoms with Crippen molar-refractivity contribution in [3.63, 3.8) is 0 Å². The van der Waals surface area contributed by atoms with Crippen LogP contribution in [0.15, 0.2) is 41.8 Å². The molecule has 132 valence electrons. The molecule has 0 saturated heterocycles. The Balaban J connectivity index is 1.47. The van der Waals surface area contributed by atoms with E-state index in [4.69, 9.17) is 9.47 Å². The van der Waals surface area contributed by atoms with Gasteiger partial charge < -0.3 is 20.1 Å². The Bertz CT molecular complexity index is 981. The van der Waals surface area contributed by atoms with E-state index in [-0.39, 0.29) is 18.4 Å². The lowest BCUT2D eigenvalue weighted by Gasteiger charge is -2.04. The second-order valence-corrected chi connectivity index (χ2v) is 6.44. The Morgan fingerprint density at radius 1 is 1.12 bits per heavy atom. The molecule has 0 fully saturated rings. The van der Waals surface area contributed by atoms with E-state index in [1.807, 2.05) is 5.38 Å². The first-order valence-corrected chi connectivity index (χ1v) is 8.58. The number of fused-ring (bicyclic) bond motifs is 1. The van der Waals surface area contributed by atoms with Crippen LogP contribution in [0, 0.1) is 0 Å². The number of benzene rings is 1. The number of hydrogen-bond donors (Lipinski definition) is 2. The molecule has 4 rings (SSSR count). The van der Waals surface area contributed by atoms with Crippen LogP contribution >= 0.6 is 11.3 Å². The highest BCUT2D eigenvalue weighted by Gasteiger charge is 2.18. The molecular weight excluding hydrogens is 356 g/mol. The summed E-state index contributed by atoms with van der Waals surface area (Å²) in [5, 5.41) is 11.5. The molecule has 0 atom stereocenters. The molecule has 0 radical (unpaired) electrons. The van der Waals surface area contributed by atoms with Crippen molar-refractivity contribution in [1.29, 1.82) is 0 Å². The number of aryl methyl sites for hydroxylation is 1. The van der Waals surface area contributed by atoms with Gasteiger partial charge in [0, 0.05) is 24.9 Å². The molecule has 3 heterocycles. The molecular formula is C17H14N4O4S. The number of anilines is 2. The Morgan fingerprint density at radius 3 is 2.77 bits per heavy atom. The number of carbonyl (C=O) groups excluding carboxylic acids is 2. The van der Waals surface area contributed by atoms with Gasteiger partial charge in [-0.1, -0.05) is 6.07 Å².